The van der Waals surface area contributed by atoms with Crippen LogP contribution in [0.2, 0.25) is 0 Å². The van der Waals surface area contributed by atoms with Gasteiger partial charge in [0.25, 0.3) is 0 Å². The van der Waals surface area contributed by atoms with E-state index in [1.54, 1.807) is 0 Å². The average molecular weight is 533 g/mol. The molecule has 0 aromatic carbocycles. The van der Waals surface area contributed by atoms with Gasteiger partial charge in [0.1, 0.15) is 13.2 Å². The number of hydrogen-bond donors (Lipinski definition) is 2. The largest absolute Gasteiger partial charge is 0.481 e. The maximum Gasteiger partial charge on any atom is 0.309 e. The first-order chi connectivity index (χ1) is 17.5. The Bertz CT molecular complexity index is 619. The Hall–Kier alpha value is -2.65. The zero-order chi connectivity index (χ0) is 28.5. The van der Waals surface area contributed by atoms with Crippen molar-refractivity contribution in [3.05, 3.63) is 0 Å². The van der Waals surface area contributed by atoms with Crippen LogP contribution in [0, 0.1) is 5.92 Å². The van der Waals surface area contributed by atoms with Crippen molar-refractivity contribution in [1.29, 1.82) is 0 Å². The lowest BCUT2D eigenvalue weighted by Crippen LogP contribution is -2.31. The van der Waals surface area contributed by atoms with Crippen molar-refractivity contribution in [1.82, 2.24) is 0 Å². The number of hydrogen-bond acceptors (Lipinski definition) is 8. The smallest absolute Gasteiger partial charge is 0.309 e. The first-order valence-corrected chi connectivity index (χ1v) is 13.4. The molecule has 1 atom stereocenters. The number of carboxylic acid groups (broad SMARTS) is 2. The Labute approximate surface area is 221 Å². The summed E-state index contributed by atoms with van der Waals surface area (Å²) in [6, 6.07) is 0. The van der Waals surface area contributed by atoms with Gasteiger partial charge in [-0.05, 0) is 25.7 Å². The van der Waals surface area contributed by atoms with E-state index < -0.39 is 30.0 Å². The van der Waals surface area contributed by atoms with Crippen LogP contribution in [0.15, 0.2) is 0 Å². The summed E-state index contributed by atoms with van der Waals surface area (Å²) in [6.45, 7) is 6.48. The predicted molar refractivity (Wildman–Crippen MR) is 138 cm³/mol. The van der Waals surface area contributed by atoms with E-state index in [0.717, 1.165) is 77.0 Å². The summed E-state index contributed by atoms with van der Waals surface area (Å²) in [4.78, 5) is 54.4. The third-order valence-electron chi connectivity index (χ3n) is 5.39. The summed E-state index contributed by atoms with van der Waals surface area (Å²) in [6.07, 6.45) is 10.7. The van der Waals surface area contributed by atoms with Crippen molar-refractivity contribution >= 4 is 29.8 Å². The molecule has 0 radical (unpaired) electrons. The Morgan fingerprint density at radius 2 is 1.05 bits per heavy atom. The van der Waals surface area contributed by atoms with Crippen LogP contribution < -0.4 is 0 Å². The van der Waals surface area contributed by atoms with Crippen molar-refractivity contribution in [3.63, 3.8) is 0 Å². The number of aliphatic carboxylic acids is 2. The maximum atomic E-state index is 12.2. The summed E-state index contributed by atoms with van der Waals surface area (Å²) >= 11 is 0. The number of ether oxygens (including phenoxy) is 3. The molecule has 0 aliphatic heterocycles. The molecule has 1 unspecified atom stereocenters. The Morgan fingerprint density at radius 1 is 0.622 bits per heavy atom. The molecule has 0 amide bonds. The lowest BCUT2D eigenvalue weighted by molar-refractivity contribution is -0.166. The molecule has 0 rings (SSSR count). The van der Waals surface area contributed by atoms with Crippen LogP contribution in [-0.2, 0) is 38.2 Å². The van der Waals surface area contributed by atoms with Gasteiger partial charge in [0, 0.05) is 26.7 Å². The average Bonchev–Trinajstić information content (AvgIpc) is 2.82. The lowest BCUT2D eigenvalue weighted by atomic mass is 9.96. The van der Waals surface area contributed by atoms with Crippen LogP contribution in [-0.4, -0.2) is 59.4 Å². The van der Waals surface area contributed by atoms with E-state index in [1.165, 1.54) is 13.8 Å². The predicted octanol–water partition coefficient (Wildman–Crippen LogP) is 5.30. The molecular formula is C27H48O10. The molecular weight excluding hydrogens is 484 g/mol. The van der Waals surface area contributed by atoms with Gasteiger partial charge in [-0.1, -0.05) is 65.2 Å². The quantitative estimate of drug-likeness (QED) is 0.113. The molecule has 2 N–H and O–H groups in total. The second-order valence-electron chi connectivity index (χ2n) is 9.05. The molecule has 0 heterocycles. The standard InChI is InChI=1S/C17H30O6.C10H18O4/c1-5-7-9-15(10-8-6-2)17(20)22-12-16(23-14(4)19)11-21-13(3)18;11-9(12)7-5-3-1-2-4-6-8-10(13)14/h15-16H,5-12H2,1-4H3;1-8H2,(H,11,12)(H,13,14). The summed E-state index contributed by atoms with van der Waals surface area (Å²) < 4.78 is 15.1. The molecule has 0 aliphatic carbocycles. The van der Waals surface area contributed by atoms with Crippen LogP contribution in [0.25, 0.3) is 0 Å². The number of carbonyl (C=O) groups is 5. The fourth-order valence-corrected chi connectivity index (χ4v) is 3.39. The van der Waals surface area contributed by atoms with E-state index in [0.29, 0.717) is 0 Å². The summed E-state index contributed by atoms with van der Waals surface area (Å²) in [5.74, 6) is -2.86. The third-order valence-corrected chi connectivity index (χ3v) is 5.39. The highest BCUT2D eigenvalue weighted by molar-refractivity contribution is 5.72. The van der Waals surface area contributed by atoms with Crippen LogP contribution in [0.1, 0.15) is 118 Å². The van der Waals surface area contributed by atoms with E-state index in [-0.39, 0.29) is 37.9 Å². The van der Waals surface area contributed by atoms with Gasteiger partial charge in [-0.3, -0.25) is 24.0 Å². The molecule has 216 valence electrons. The molecule has 0 spiro atoms. The monoisotopic (exact) mass is 532 g/mol. The van der Waals surface area contributed by atoms with Crippen molar-refractivity contribution < 1.29 is 48.4 Å². The van der Waals surface area contributed by atoms with Gasteiger partial charge in [-0.2, -0.15) is 0 Å². The molecule has 0 aromatic heterocycles. The second-order valence-corrected chi connectivity index (χ2v) is 9.05. The molecule has 0 bridgehead atoms. The number of esters is 3. The Kier molecular flexibility index (Phi) is 24.7. The minimum atomic E-state index is -0.765. The van der Waals surface area contributed by atoms with Crippen LogP contribution >= 0.6 is 0 Å². The number of unbranched alkanes of at least 4 members (excludes halogenated alkanes) is 7. The highest BCUT2D eigenvalue weighted by Crippen LogP contribution is 2.18. The van der Waals surface area contributed by atoms with Gasteiger partial charge in [-0.15, -0.1) is 0 Å². The minimum Gasteiger partial charge on any atom is -0.481 e. The molecule has 10 nitrogen and oxygen atoms in total. The zero-order valence-electron chi connectivity index (χ0n) is 23.1. The van der Waals surface area contributed by atoms with Crippen molar-refractivity contribution in [2.24, 2.45) is 5.92 Å². The third kappa shape index (κ3) is 27.8. The van der Waals surface area contributed by atoms with Crippen LogP contribution in [0.4, 0.5) is 0 Å². The van der Waals surface area contributed by atoms with Crippen molar-refractivity contribution in [2.75, 3.05) is 13.2 Å². The second kappa shape index (κ2) is 25.0. The summed E-state index contributed by atoms with van der Waals surface area (Å²) in [7, 11) is 0. The van der Waals surface area contributed by atoms with E-state index in [9.17, 15) is 24.0 Å². The van der Waals surface area contributed by atoms with Crippen molar-refractivity contribution in [3.8, 4) is 0 Å². The summed E-state index contributed by atoms with van der Waals surface area (Å²) in [5.41, 5.74) is 0. The minimum absolute atomic E-state index is 0.0968. The molecule has 0 saturated heterocycles. The molecule has 0 fully saturated rings. The SMILES string of the molecule is CCCCC(CCCC)C(=O)OCC(COC(C)=O)OC(C)=O.O=C(O)CCCCCCCCC(=O)O. The normalized spacial score (nSPS) is 11.2. The zero-order valence-corrected chi connectivity index (χ0v) is 23.1. The molecule has 0 aromatic rings. The topological polar surface area (TPSA) is 154 Å². The van der Waals surface area contributed by atoms with Gasteiger partial charge in [0.15, 0.2) is 6.10 Å². The molecule has 0 saturated carbocycles. The number of rotatable bonds is 21. The number of carboxylic acids is 2. The van der Waals surface area contributed by atoms with E-state index in [4.69, 9.17) is 24.4 Å². The van der Waals surface area contributed by atoms with E-state index in [2.05, 4.69) is 13.8 Å². The highest BCUT2D eigenvalue weighted by Gasteiger charge is 2.22. The fraction of sp³-hybridized carbons (Fsp3) is 0.815. The van der Waals surface area contributed by atoms with Crippen molar-refractivity contribution in [2.45, 2.75) is 124 Å². The van der Waals surface area contributed by atoms with Gasteiger partial charge in [0.2, 0.25) is 0 Å². The van der Waals surface area contributed by atoms with E-state index in [1.807, 2.05) is 0 Å². The van der Waals surface area contributed by atoms with Crippen LogP contribution in [0.5, 0.6) is 0 Å². The summed E-state index contributed by atoms with van der Waals surface area (Å²) in [5, 5.41) is 16.7. The van der Waals surface area contributed by atoms with Gasteiger partial charge < -0.3 is 24.4 Å². The Balaban J connectivity index is 0. The first-order valence-electron chi connectivity index (χ1n) is 13.4. The molecule has 0 aliphatic rings. The fourth-order valence-electron chi connectivity index (χ4n) is 3.39. The van der Waals surface area contributed by atoms with Gasteiger partial charge in [0.05, 0.1) is 5.92 Å². The maximum absolute atomic E-state index is 12.2. The van der Waals surface area contributed by atoms with Crippen LogP contribution in [0.3, 0.4) is 0 Å². The van der Waals surface area contributed by atoms with E-state index >= 15 is 0 Å². The lowest BCUT2D eigenvalue weighted by Gasteiger charge is -2.19. The highest BCUT2D eigenvalue weighted by atomic mass is 16.6. The number of carbonyl (C=O) groups excluding carboxylic acids is 3. The molecule has 37 heavy (non-hydrogen) atoms. The van der Waals surface area contributed by atoms with Gasteiger partial charge >= 0.3 is 29.8 Å². The Morgan fingerprint density at radius 3 is 1.43 bits per heavy atom. The first kappa shape index (κ1) is 36.5. The molecule has 10 heteroatoms. The van der Waals surface area contributed by atoms with Gasteiger partial charge in [-0.25, -0.2) is 0 Å².